The van der Waals surface area contributed by atoms with Crippen LogP contribution in [0.5, 0.6) is 0 Å². The quantitative estimate of drug-likeness (QED) is 0.745. The largest absolute Gasteiger partial charge is 0.308 e. The van der Waals surface area contributed by atoms with E-state index in [1.54, 1.807) is 0 Å². The van der Waals surface area contributed by atoms with Gasteiger partial charge in [-0.2, -0.15) is 5.10 Å². The molecule has 0 fully saturated rings. The predicted octanol–water partition coefficient (Wildman–Crippen LogP) is 2.76. The van der Waals surface area contributed by atoms with E-state index >= 15 is 0 Å². The van der Waals surface area contributed by atoms with Crippen LogP contribution in [-0.2, 0) is 13.1 Å². The van der Waals surface area contributed by atoms with Gasteiger partial charge in [-0.05, 0) is 23.3 Å². The van der Waals surface area contributed by atoms with Gasteiger partial charge in [0, 0.05) is 31.0 Å². The Morgan fingerprint density at radius 1 is 0.950 bits per heavy atom. The Morgan fingerprint density at radius 2 is 1.75 bits per heavy atom. The molecule has 0 aliphatic heterocycles. The lowest BCUT2D eigenvalue weighted by atomic mass is 10.1. The smallest absolute Gasteiger partial charge is 0.0695 e. The Kier molecular flexibility index (Phi) is 3.85. The van der Waals surface area contributed by atoms with Crippen LogP contribution in [0, 0.1) is 0 Å². The molecule has 0 atom stereocenters. The normalized spacial score (nSPS) is 10.6. The first-order valence-electron chi connectivity index (χ1n) is 6.61. The molecule has 4 heteroatoms. The number of aromatic amines is 1. The molecule has 4 nitrogen and oxygen atoms in total. The molecule has 20 heavy (non-hydrogen) atoms. The molecule has 0 spiro atoms. The van der Waals surface area contributed by atoms with E-state index < -0.39 is 0 Å². The van der Waals surface area contributed by atoms with Crippen molar-refractivity contribution in [1.29, 1.82) is 0 Å². The van der Waals surface area contributed by atoms with Gasteiger partial charge in [-0.25, -0.2) is 0 Å². The molecule has 2 heterocycles. The van der Waals surface area contributed by atoms with E-state index in [1.165, 1.54) is 11.1 Å². The van der Waals surface area contributed by atoms with Crippen molar-refractivity contribution in [3.63, 3.8) is 0 Å². The molecule has 2 N–H and O–H groups in total. The zero-order valence-electron chi connectivity index (χ0n) is 11.1. The van der Waals surface area contributed by atoms with Crippen LogP contribution in [0.3, 0.4) is 0 Å². The van der Waals surface area contributed by atoms with Crippen molar-refractivity contribution in [2.75, 3.05) is 0 Å². The minimum atomic E-state index is 0.781. The number of H-pyrrole nitrogens is 1. The molecule has 100 valence electrons. The standard InChI is InChI=1S/C16H16N4/c1-2-4-14(5-3-1)16-15(12-19-20-16)11-18-10-13-6-8-17-9-7-13/h1-9,12,18H,10-11H2,(H,19,20). The first kappa shape index (κ1) is 12.6. The second-order valence-corrected chi connectivity index (χ2v) is 4.60. The molecule has 2 aromatic heterocycles. The van der Waals surface area contributed by atoms with Crippen LogP contribution in [0.25, 0.3) is 11.3 Å². The third kappa shape index (κ3) is 2.92. The average molecular weight is 264 g/mol. The third-order valence-electron chi connectivity index (χ3n) is 3.17. The summed E-state index contributed by atoms with van der Waals surface area (Å²) in [7, 11) is 0. The molecule has 3 aromatic rings. The second-order valence-electron chi connectivity index (χ2n) is 4.60. The number of benzene rings is 1. The lowest BCUT2D eigenvalue weighted by molar-refractivity contribution is 0.694. The molecular weight excluding hydrogens is 248 g/mol. The van der Waals surface area contributed by atoms with Gasteiger partial charge >= 0.3 is 0 Å². The summed E-state index contributed by atoms with van der Waals surface area (Å²) < 4.78 is 0. The van der Waals surface area contributed by atoms with Crippen molar-refractivity contribution in [2.45, 2.75) is 13.1 Å². The lowest BCUT2D eigenvalue weighted by Gasteiger charge is -2.06. The van der Waals surface area contributed by atoms with Crippen LogP contribution >= 0.6 is 0 Å². The van der Waals surface area contributed by atoms with E-state index in [1.807, 2.05) is 48.9 Å². The summed E-state index contributed by atoms with van der Waals surface area (Å²) in [5.74, 6) is 0. The van der Waals surface area contributed by atoms with Crippen LogP contribution in [0.1, 0.15) is 11.1 Å². The molecule has 0 unspecified atom stereocenters. The summed E-state index contributed by atoms with van der Waals surface area (Å²) in [4.78, 5) is 4.01. The molecule has 0 saturated carbocycles. The Balaban J connectivity index is 1.66. The summed E-state index contributed by atoms with van der Waals surface area (Å²) >= 11 is 0. The van der Waals surface area contributed by atoms with Gasteiger partial charge in [-0.1, -0.05) is 30.3 Å². The fraction of sp³-hybridized carbons (Fsp3) is 0.125. The molecule has 1 aromatic carbocycles. The molecule has 3 rings (SSSR count). The van der Waals surface area contributed by atoms with E-state index in [-0.39, 0.29) is 0 Å². The van der Waals surface area contributed by atoms with Crippen molar-refractivity contribution < 1.29 is 0 Å². The van der Waals surface area contributed by atoms with Crippen LogP contribution in [0.2, 0.25) is 0 Å². The van der Waals surface area contributed by atoms with E-state index in [9.17, 15) is 0 Å². The monoisotopic (exact) mass is 264 g/mol. The van der Waals surface area contributed by atoms with Gasteiger partial charge in [0.1, 0.15) is 0 Å². The van der Waals surface area contributed by atoms with Gasteiger partial charge in [-0.15, -0.1) is 0 Å². The van der Waals surface area contributed by atoms with Crippen molar-refractivity contribution in [2.24, 2.45) is 0 Å². The number of rotatable bonds is 5. The Morgan fingerprint density at radius 3 is 2.55 bits per heavy atom. The SMILES string of the molecule is c1ccc(-c2[nH]ncc2CNCc2ccncc2)cc1. The summed E-state index contributed by atoms with van der Waals surface area (Å²) in [6.45, 7) is 1.60. The maximum absolute atomic E-state index is 4.15. The first-order valence-corrected chi connectivity index (χ1v) is 6.61. The van der Waals surface area contributed by atoms with Crippen molar-refractivity contribution in [1.82, 2.24) is 20.5 Å². The topological polar surface area (TPSA) is 53.6 Å². The fourth-order valence-electron chi connectivity index (χ4n) is 2.14. The molecule has 0 radical (unpaired) electrons. The van der Waals surface area contributed by atoms with E-state index in [4.69, 9.17) is 0 Å². The second kappa shape index (κ2) is 6.12. The Bertz CT molecular complexity index is 647. The number of pyridine rings is 1. The van der Waals surface area contributed by atoms with Crippen molar-refractivity contribution in [3.8, 4) is 11.3 Å². The van der Waals surface area contributed by atoms with Gasteiger partial charge < -0.3 is 5.32 Å². The highest BCUT2D eigenvalue weighted by Gasteiger charge is 2.06. The van der Waals surface area contributed by atoms with E-state index in [2.05, 4.69) is 32.6 Å². The van der Waals surface area contributed by atoms with E-state index in [0.29, 0.717) is 0 Å². The van der Waals surface area contributed by atoms with Crippen LogP contribution in [0.15, 0.2) is 61.1 Å². The number of nitrogens with one attached hydrogen (secondary N) is 2. The van der Waals surface area contributed by atoms with Gasteiger partial charge in [-0.3, -0.25) is 10.1 Å². The minimum Gasteiger partial charge on any atom is -0.308 e. The zero-order chi connectivity index (χ0) is 13.6. The average Bonchev–Trinajstić information content (AvgIpc) is 2.98. The Hall–Kier alpha value is -2.46. The highest BCUT2D eigenvalue weighted by atomic mass is 15.1. The first-order chi connectivity index (χ1) is 9.93. The molecule has 0 amide bonds. The minimum absolute atomic E-state index is 0.781. The number of nitrogens with zero attached hydrogens (tertiary/aromatic N) is 2. The summed E-state index contributed by atoms with van der Waals surface area (Å²) in [6, 6.07) is 14.3. The summed E-state index contributed by atoms with van der Waals surface area (Å²) in [5, 5.41) is 10.6. The summed E-state index contributed by atoms with van der Waals surface area (Å²) in [6.07, 6.45) is 5.50. The molecule has 0 aliphatic carbocycles. The highest BCUT2D eigenvalue weighted by molar-refractivity contribution is 5.62. The summed E-state index contributed by atoms with van der Waals surface area (Å²) in [5.41, 5.74) is 4.63. The number of hydrogen-bond acceptors (Lipinski definition) is 3. The van der Waals surface area contributed by atoms with Gasteiger partial charge in [0.15, 0.2) is 0 Å². The third-order valence-corrected chi connectivity index (χ3v) is 3.17. The van der Waals surface area contributed by atoms with Crippen LogP contribution < -0.4 is 5.32 Å². The maximum atomic E-state index is 4.15. The molecule has 0 aliphatic rings. The van der Waals surface area contributed by atoms with Gasteiger partial charge in [0.25, 0.3) is 0 Å². The van der Waals surface area contributed by atoms with Crippen molar-refractivity contribution in [3.05, 3.63) is 72.2 Å². The van der Waals surface area contributed by atoms with Crippen molar-refractivity contribution >= 4 is 0 Å². The maximum Gasteiger partial charge on any atom is 0.0695 e. The molecular formula is C16H16N4. The van der Waals surface area contributed by atoms with E-state index in [0.717, 1.165) is 24.3 Å². The molecule has 0 saturated heterocycles. The van der Waals surface area contributed by atoms with Crippen LogP contribution in [0.4, 0.5) is 0 Å². The zero-order valence-corrected chi connectivity index (χ0v) is 11.1. The van der Waals surface area contributed by atoms with Gasteiger partial charge in [0.2, 0.25) is 0 Å². The number of aromatic nitrogens is 3. The Labute approximate surface area is 117 Å². The number of hydrogen-bond donors (Lipinski definition) is 2. The fourth-order valence-corrected chi connectivity index (χ4v) is 2.14. The van der Waals surface area contributed by atoms with Gasteiger partial charge in [0.05, 0.1) is 11.9 Å². The molecule has 0 bridgehead atoms. The lowest BCUT2D eigenvalue weighted by Crippen LogP contribution is -2.12. The highest BCUT2D eigenvalue weighted by Crippen LogP contribution is 2.20. The predicted molar refractivity (Wildman–Crippen MR) is 78.8 cm³/mol. The van der Waals surface area contributed by atoms with Crippen LogP contribution in [-0.4, -0.2) is 15.2 Å².